The molecule has 2 N–H and O–H groups in total. The Morgan fingerprint density at radius 2 is 2.14 bits per heavy atom. The predicted molar refractivity (Wildman–Crippen MR) is 58.8 cm³/mol. The minimum absolute atomic E-state index is 0.413. The molecule has 0 atom stereocenters. The van der Waals surface area contributed by atoms with Gasteiger partial charge in [0, 0.05) is 5.02 Å². The van der Waals surface area contributed by atoms with E-state index in [2.05, 4.69) is 17.2 Å². The molecule has 0 aliphatic carbocycles. The molecule has 3 nitrogen and oxygen atoms in total. The summed E-state index contributed by atoms with van der Waals surface area (Å²) >= 11 is 11.5. The Kier molecular flexibility index (Phi) is 3.80. The highest BCUT2D eigenvalue weighted by atomic mass is 35.5. The molecule has 0 aliphatic heterocycles. The van der Waals surface area contributed by atoms with Crippen LogP contribution in [0.3, 0.4) is 0 Å². The molecule has 0 radical (unpaired) electrons. The maximum absolute atomic E-state index is 11.1. The highest BCUT2D eigenvalue weighted by molar-refractivity contribution is 6.35. The monoisotopic (exact) mass is 230 g/mol. The third-order valence-electron chi connectivity index (χ3n) is 1.41. The van der Waals surface area contributed by atoms with E-state index < -0.39 is 6.03 Å². The molecule has 0 aromatic heterocycles. The molecule has 1 aromatic rings. The normalized spacial score (nSPS) is 9.29. The second-order valence-corrected chi connectivity index (χ2v) is 3.27. The van der Waals surface area contributed by atoms with Gasteiger partial charge in [-0.05, 0) is 24.4 Å². The molecule has 0 heterocycles. The molecule has 0 unspecified atom stereocenters. The number of nitrogens with one attached hydrogen (secondary N) is 2. The van der Waals surface area contributed by atoms with Crippen LogP contribution >= 0.6 is 23.2 Å². The van der Waals surface area contributed by atoms with E-state index in [4.69, 9.17) is 23.2 Å². The molecule has 0 saturated heterocycles. The summed E-state index contributed by atoms with van der Waals surface area (Å²) in [4.78, 5) is 11.1. The van der Waals surface area contributed by atoms with E-state index in [1.807, 2.05) is 0 Å². The summed E-state index contributed by atoms with van der Waals surface area (Å²) in [5.74, 6) is 0. The Morgan fingerprint density at radius 1 is 1.43 bits per heavy atom. The van der Waals surface area contributed by atoms with Crippen molar-refractivity contribution in [2.75, 3.05) is 5.32 Å². The van der Waals surface area contributed by atoms with Gasteiger partial charge in [-0.1, -0.05) is 29.8 Å². The van der Waals surface area contributed by atoms with Crippen molar-refractivity contribution in [1.29, 1.82) is 0 Å². The predicted octanol–water partition coefficient (Wildman–Crippen LogP) is 3.26. The van der Waals surface area contributed by atoms with Crippen molar-refractivity contribution in [3.8, 4) is 0 Å². The fourth-order valence-electron chi connectivity index (χ4n) is 0.844. The topological polar surface area (TPSA) is 41.1 Å². The van der Waals surface area contributed by atoms with Gasteiger partial charge in [0.15, 0.2) is 0 Å². The first-order chi connectivity index (χ1) is 6.63. The molecular weight excluding hydrogens is 223 g/mol. The summed E-state index contributed by atoms with van der Waals surface area (Å²) in [5.41, 5.74) is 0.457. The van der Waals surface area contributed by atoms with Gasteiger partial charge in [-0.3, -0.25) is 0 Å². The Hall–Kier alpha value is -1.19. The smallest absolute Gasteiger partial charge is 0.315 e. The number of hydrogen-bond acceptors (Lipinski definition) is 1. The molecular formula is C9H8Cl2N2O. The van der Waals surface area contributed by atoms with Crippen molar-refractivity contribution in [3.05, 3.63) is 41.0 Å². The number of hydrogen-bond donors (Lipinski definition) is 2. The second-order valence-electron chi connectivity index (χ2n) is 2.43. The van der Waals surface area contributed by atoms with Crippen molar-refractivity contribution < 1.29 is 4.79 Å². The summed E-state index contributed by atoms with van der Waals surface area (Å²) in [6, 6.07) is 4.39. The standard InChI is InChI=1S/C9H8Cl2N2O/c1-2-12-9(14)13-8-5-6(10)3-4-7(8)11/h2-5H,1H2,(H2,12,13,14). The van der Waals surface area contributed by atoms with Gasteiger partial charge in [-0.2, -0.15) is 0 Å². The fourth-order valence-corrected chi connectivity index (χ4v) is 1.18. The first-order valence-electron chi connectivity index (χ1n) is 3.77. The van der Waals surface area contributed by atoms with Crippen LogP contribution in [0.4, 0.5) is 10.5 Å². The van der Waals surface area contributed by atoms with Crippen LogP contribution in [0.15, 0.2) is 31.0 Å². The fraction of sp³-hybridized carbons (Fsp3) is 0. The zero-order valence-corrected chi connectivity index (χ0v) is 8.69. The Balaban J connectivity index is 2.80. The van der Waals surface area contributed by atoms with Crippen molar-refractivity contribution in [1.82, 2.24) is 5.32 Å². The first-order valence-corrected chi connectivity index (χ1v) is 4.52. The number of halogens is 2. The maximum Gasteiger partial charge on any atom is 0.323 e. The quantitative estimate of drug-likeness (QED) is 0.805. The highest BCUT2D eigenvalue weighted by Crippen LogP contribution is 2.25. The van der Waals surface area contributed by atoms with Crippen molar-refractivity contribution in [2.45, 2.75) is 0 Å². The number of rotatable bonds is 2. The third-order valence-corrected chi connectivity index (χ3v) is 1.97. The Bertz CT molecular complexity index is 366. The highest BCUT2D eigenvalue weighted by Gasteiger charge is 2.04. The molecule has 0 spiro atoms. The minimum atomic E-state index is -0.413. The molecule has 2 amide bonds. The molecule has 0 saturated carbocycles. The molecule has 1 rings (SSSR count). The van der Waals surface area contributed by atoms with E-state index in [1.54, 1.807) is 18.2 Å². The average Bonchev–Trinajstić information content (AvgIpc) is 2.12. The molecule has 14 heavy (non-hydrogen) atoms. The Morgan fingerprint density at radius 3 is 2.79 bits per heavy atom. The lowest BCUT2D eigenvalue weighted by molar-refractivity contribution is 0.255. The van der Waals surface area contributed by atoms with Crippen LogP contribution in [0.2, 0.25) is 10.0 Å². The second kappa shape index (κ2) is 4.88. The van der Waals surface area contributed by atoms with Crippen LogP contribution in [-0.2, 0) is 0 Å². The zero-order chi connectivity index (χ0) is 10.6. The number of carbonyl (C=O) groups is 1. The molecule has 0 fully saturated rings. The molecule has 5 heteroatoms. The van der Waals surface area contributed by atoms with Gasteiger partial charge >= 0.3 is 6.03 Å². The van der Waals surface area contributed by atoms with Gasteiger partial charge in [0.2, 0.25) is 0 Å². The van der Waals surface area contributed by atoms with E-state index in [1.165, 1.54) is 6.20 Å². The van der Waals surface area contributed by atoms with Crippen LogP contribution in [-0.4, -0.2) is 6.03 Å². The Labute approximate surface area is 91.7 Å². The summed E-state index contributed by atoms with van der Waals surface area (Å²) in [6.45, 7) is 3.35. The number of carbonyl (C=O) groups excluding carboxylic acids is 1. The van der Waals surface area contributed by atoms with Crippen LogP contribution in [0.25, 0.3) is 0 Å². The summed E-state index contributed by atoms with van der Waals surface area (Å²) in [5, 5.41) is 5.79. The SMILES string of the molecule is C=CNC(=O)Nc1cc(Cl)ccc1Cl. The maximum atomic E-state index is 11.1. The summed E-state index contributed by atoms with van der Waals surface area (Å²) < 4.78 is 0. The number of amides is 2. The van der Waals surface area contributed by atoms with E-state index in [9.17, 15) is 4.79 Å². The van der Waals surface area contributed by atoms with Crippen molar-refractivity contribution in [2.24, 2.45) is 0 Å². The lowest BCUT2D eigenvalue weighted by atomic mass is 10.3. The lowest BCUT2D eigenvalue weighted by Gasteiger charge is -2.06. The molecule has 0 bridgehead atoms. The van der Waals surface area contributed by atoms with Crippen molar-refractivity contribution in [3.63, 3.8) is 0 Å². The first kappa shape index (κ1) is 10.9. The van der Waals surface area contributed by atoms with Gasteiger partial charge in [0.25, 0.3) is 0 Å². The van der Waals surface area contributed by atoms with E-state index in [0.717, 1.165) is 0 Å². The minimum Gasteiger partial charge on any atom is -0.315 e. The van der Waals surface area contributed by atoms with Gasteiger partial charge in [0.1, 0.15) is 0 Å². The average molecular weight is 231 g/mol. The van der Waals surface area contributed by atoms with Crippen LogP contribution < -0.4 is 10.6 Å². The summed E-state index contributed by atoms with van der Waals surface area (Å²) in [7, 11) is 0. The van der Waals surface area contributed by atoms with Crippen LogP contribution in [0.5, 0.6) is 0 Å². The largest absolute Gasteiger partial charge is 0.323 e. The van der Waals surface area contributed by atoms with Gasteiger partial charge < -0.3 is 10.6 Å². The number of anilines is 1. The van der Waals surface area contributed by atoms with Crippen molar-refractivity contribution >= 4 is 34.9 Å². The van der Waals surface area contributed by atoms with Crippen LogP contribution in [0.1, 0.15) is 0 Å². The zero-order valence-electron chi connectivity index (χ0n) is 7.18. The van der Waals surface area contributed by atoms with Crippen LogP contribution in [0, 0.1) is 0 Å². The molecule has 1 aromatic carbocycles. The third kappa shape index (κ3) is 2.94. The molecule has 74 valence electrons. The summed E-state index contributed by atoms with van der Waals surface area (Å²) in [6.07, 6.45) is 1.27. The van der Waals surface area contributed by atoms with Gasteiger partial charge in [-0.15, -0.1) is 0 Å². The van der Waals surface area contributed by atoms with E-state index >= 15 is 0 Å². The number of urea groups is 1. The van der Waals surface area contributed by atoms with Gasteiger partial charge in [-0.25, -0.2) is 4.79 Å². The number of benzene rings is 1. The lowest BCUT2D eigenvalue weighted by Crippen LogP contribution is -2.23. The molecule has 0 aliphatic rings. The van der Waals surface area contributed by atoms with E-state index in [0.29, 0.717) is 15.7 Å². The van der Waals surface area contributed by atoms with Gasteiger partial charge in [0.05, 0.1) is 10.7 Å². The van der Waals surface area contributed by atoms with E-state index in [-0.39, 0.29) is 0 Å².